The van der Waals surface area contributed by atoms with E-state index in [4.69, 9.17) is 9.15 Å². The number of fused-ring (bicyclic) bond motifs is 1. The van der Waals surface area contributed by atoms with Gasteiger partial charge in [-0.2, -0.15) is 0 Å². The first kappa shape index (κ1) is 17.9. The summed E-state index contributed by atoms with van der Waals surface area (Å²) in [4.78, 5) is 24.9. The maximum atomic E-state index is 12.6. The SMILES string of the molecule is COC(=O)[C@@H]1[C@H](O)CCC2=C(CC(=O)c3ccoc3)[C@H](C)CC[C@]21C. The molecule has 0 aliphatic heterocycles. The predicted molar refractivity (Wildman–Crippen MR) is 91.9 cm³/mol. The van der Waals surface area contributed by atoms with E-state index in [0.29, 0.717) is 24.3 Å². The standard InChI is InChI=1S/C20H26O5/c1-12-6-8-20(2)15(4-5-16(21)18(20)19(23)24-3)14(12)10-17(22)13-7-9-25-11-13/h7,9,11-12,16,18,21H,4-6,8,10H2,1-3H3/t12-,16-,18+,20-/m1/s1. The first-order valence-electron chi connectivity index (χ1n) is 8.92. The van der Waals surface area contributed by atoms with Crippen LogP contribution in [0.15, 0.2) is 34.2 Å². The van der Waals surface area contributed by atoms with Crippen LogP contribution in [0.2, 0.25) is 0 Å². The number of allylic oxidation sites excluding steroid dienone is 2. The number of hydrogen-bond acceptors (Lipinski definition) is 5. The van der Waals surface area contributed by atoms with Gasteiger partial charge in [-0.1, -0.05) is 25.0 Å². The van der Waals surface area contributed by atoms with Crippen LogP contribution in [-0.4, -0.2) is 30.1 Å². The van der Waals surface area contributed by atoms with Gasteiger partial charge in [-0.3, -0.25) is 9.59 Å². The molecule has 3 rings (SSSR count). The van der Waals surface area contributed by atoms with Gasteiger partial charge in [0.1, 0.15) is 6.26 Å². The number of furan rings is 1. The summed E-state index contributed by atoms with van der Waals surface area (Å²) in [5.74, 6) is -0.587. The Balaban J connectivity index is 1.99. The quantitative estimate of drug-likeness (QED) is 0.513. The molecule has 1 aromatic heterocycles. The van der Waals surface area contributed by atoms with Crippen molar-refractivity contribution < 1.29 is 23.8 Å². The molecule has 0 saturated heterocycles. The lowest BCUT2D eigenvalue weighted by Crippen LogP contribution is -2.49. The number of ketones is 1. The topological polar surface area (TPSA) is 76.7 Å². The zero-order valence-electron chi connectivity index (χ0n) is 15.1. The first-order chi connectivity index (χ1) is 11.9. The van der Waals surface area contributed by atoms with Crippen molar-refractivity contribution in [2.45, 2.75) is 52.1 Å². The van der Waals surface area contributed by atoms with Crippen LogP contribution >= 0.6 is 0 Å². The molecule has 1 saturated carbocycles. The third kappa shape index (κ3) is 3.06. The smallest absolute Gasteiger partial charge is 0.312 e. The molecule has 5 nitrogen and oxygen atoms in total. The summed E-state index contributed by atoms with van der Waals surface area (Å²) in [7, 11) is 1.37. The highest BCUT2D eigenvalue weighted by molar-refractivity contribution is 5.97. The highest BCUT2D eigenvalue weighted by Gasteiger charge is 2.52. The molecule has 0 radical (unpaired) electrons. The molecule has 1 heterocycles. The summed E-state index contributed by atoms with van der Waals surface area (Å²) < 4.78 is 10.00. The van der Waals surface area contributed by atoms with Gasteiger partial charge in [-0.15, -0.1) is 0 Å². The molecule has 25 heavy (non-hydrogen) atoms. The number of ether oxygens (including phenoxy) is 1. The van der Waals surface area contributed by atoms with Crippen LogP contribution in [0.5, 0.6) is 0 Å². The van der Waals surface area contributed by atoms with Gasteiger partial charge in [0.2, 0.25) is 0 Å². The average molecular weight is 346 g/mol. The molecule has 1 aromatic rings. The Morgan fingerprint density at radius 1 is 1.40 bits per heavy atom. The van der Waals surface area contributed by atoms with E-state index in [1.54, 1.807) is 6.07 Å². The summed E-state index contributed by atoms with van der Waals surface area (Å²) in [6.45, 7) is 4.18. The van der Waals surface area contributed by atoms with Crippen LogP contribution in [0, 0.1) is 17.3 Å². The Bertz CT molecular complexity index is 687. The van der Waals surface area contributed by atoms with Crippen molar-refractivity contribution in [3.8, 4) is 0 Å². The molecule has 136 valence electrons. The molecule has 1 N–H and O–H groups in total. The number of Topliss-reactive ketones (excluding diaryl/α,β-unsaturated/α-hetero) is 1. The van der Waals surface area contributed by atoms with Crippen molar-refractivity contribution in [3.05, 3.63) is 35.3 Å². The van der Waals surface area contributed by atoms with Gasteiger partial charge in [0, 0.05) is 11.8 Å². The number of esters is 1. The number of aliphatic hydroxyl groups is 1. The Morgan fingerprint density at radius 3 is 2.80 bits per heavy atom. The maximum absolute atomic E-state index is 12.6. The van der Waals surface area contributed by atoms with E-state index >= 15 is 0 Å². The highest BCUT2D eigenvalue weighted by atomic mass is 16.5. The summed E-state index contributed by atoms with van der Waals surface area (Å²) in [6.07, 6.45) is 5.60. The van der Waals surface area contributed by atoms with Crippen LogP contribution in [-0.2, 0) is 9.53 Å². The van der Waals surface area contributed by atoms with Gasteiger partial charge in [0.15, 0.2) is 5.78 Å². The predicted octanol–water partition coefficient (Wildman–Crippen LogP) is 3.53. The van der Waals surface area contributed by atoms with Crippen LogP contribution in [0.1, 0.15) is 56.3 Å². The minimum Gasteiger partial charge on any atom is -0.472 e. The molecule has 0 unspecified atom stereocenters. The second-order valence-corrected chi connectivity index (χ2v) is 7.58. The molecule has 5 heteroatoms. The fourth-order valence-electron chi connectivity index (χ4n) is 4.70. The van der Waals surface area contributed by atoms with E-state index in [-0.39, 0.29) is 11.8 Å². The summed E-state index contributed by atoms with van der Waals surface area (Å²) in [5, 5.41) is 10.5. The molecular weight excluding hydrogens is 320 g/mol. The lowest BCUT2D eigenvalue weighted by Gasteiger charge is -2.49. The van der Waals surface area contributed by atoms with Gasteiger partial charge in [-0.25, -0.2) is 0 Å². The van der Waals surface area contributed by atoms with Crippen molar-refractivity contribution in [3.63, 3.8) is 0 Å². The van der Waals surface area contributed by atoms with Crippen molar-refractivity contribution >= 4 is 11.8 Å². The van der Waals surface area contributed by atoms with Crippen LogP contribution < -0.4 is 0 Å². The van der Waals surface area contributed by atoms with Crippen molar-refractivity contribution in [1.82, 2.24) is 0 Å². The fourth-order valence-corrected chi connectivity index (χ4v) is 4.70. The van der Waals surface area contributed by atoms with E-state index in [1.165, 1.54) is 25.2 Å². The molecule has 0 spiro atoms. The highest BCUT2D eigenvalue weighted by Crippen LogP contribution is 2.55. The van der Waals surface area contributed by atoms with Gasteiger partial charge >= 0.3 is 5.97 Å². The van der Waals surface area contributed by atoms with Gasteiger partial charge in [0.05, 0.1) is 31.0 Å². The maximum Gasteiger partial charge on any atom is 0.312 e. The lowest BCUT2D eigenvalue weighted by atomic mass is 9.55. The average Bonchev–Trinajstić information content (AvgIpc) is 3.12. The number of carbonyl (C=O) groups is 2. The molecule has 1 fully saturated rings. The van der Waals surface area contributed by atoms with Crippen LogP contribution in [0.3, 0.4) is 0 Å². The monoisotopic (exact) mass is 346 g/mol. The van der Waals surface area contributed by atoms with Crippen LogP contribution in [0.25, 0.3) is 0 Å². The number of rotatable bonds is 4. The van der Waals surface area contributed by atoms with Crippen molar-refractivity contribution in [2.75, 3.05) is 7.11 Å². The molecule has 0 amide bonds. The summed E-state index contributed by atoms with van der Waals surface area (Å²) in [5.41, 5.74) is 2.43. The second-order valence-electron chi connectivity index (χ2n) is 7.58. The van der Waals surface area contributed by atoms with Gasteiger partial charge in [0.25, 0.3) is 0 Å². The first-order valence-corrected chi connectivity index (χ1v) is 8.92. The van der Waals surface area contributed by atoms with E-state index in [2.05, 4.69) is 6.92 Å². The Kier molecular flexibility index (Phi) is 4.87. The molecule has 2 aliphatic rings. The van der Waals surface area contributed by atoms with E-state index in [0.717, 1.165) is 24.8 Å². The fraction of sp³-hybridized carbons (Fsp3) is 0.600. The third-order valence-corrected chi connectivity index (χ3v) is 6.18. The van der Waals surface area contributed by atoms with Gasteiger partial charge in [-0.05, 0) is 37.7 Å². The Labute approximate surface area is 148 Å². The molecular formula is C20H26O5. The minimum absolute atomic E-state index is 0.0353. The normalized spacial score (nSPS) is 32.2. The lowest BCUT2D eigenvalue weighted by molar-refractivity contribution is -0.157. The largest absolute Gasteiger partial charge is 0.472 e. The van der Waals surface area contributed by atoms with Crippen molar-refractivity contribution in [1.29, 1.82) is 0 Å². The van der Waals surface area contributed by atoms with Gasteiger partial charge < -0.3 is 14.3 Å². The number of hydrogen-bond donors (Lipinski definition) is 1. The Morgan fingerprint density at radius 2 is 2.16 bits per heavy atom. The molecule has 4 atom stereocenters. The minimum atomic E-state index is -0.694. The van der Waals surface area contributed by atoms with Crippen molar-refractivity contribution in [2.24, 2.45) is 17.3 Å². The summed E-state index contributed by atoms with van der Waals surface area (Å²) in [6, 6.07) is 1.68. The number of aliphatic hydroxyl groups excluding tert-OH is 1. The summed E-state index contributed by atoms with van der Waals surface area (Å²) >= 11 is 0. The zero-order chi connectivity index (χ0) is 18.2. The molecule has 0 bridgehead atoms. The van der Waals surface area contributed by atoms with E-state index in [1.807, 2.05) is 6.92 Å². The molecule has 2 aliphatic carbocycles. The third-order valence-electron chi connectivity index (χ3n) is 6.18. The zero-order valence-corrected chi connectivity index (χ0v) is 15.1. The second kappa shape index (κ2) is 6.79. The number of methoxy groups -OCH3 is 1. The van der Waals surface area contributed by atoms with E-state index in [9.17, 15) is 14.7 Å². The number of carbonyl (C=O) groups excluding carboxylic acids is 2. The Hall–Kier alpha value is -1.88. The van der Waals surface area contributed by atoms with Crippen LogP contribution in [0.4, 0.5) is 0 Å². The molecule has 0 aromatic carbocycles. The van der Waals surface area contributed by atoms with E-state index < -0.39 is 17.4 Å².